The van der Waals surface area contributed by atoms with E-state index >= 15 is 0 Å². The van der Waals surface area contributed by atoms with Crippen LogP contribution in [0, 0.1) is 11.8 Å². The van der Waals surface area contributed by atoms with Crippen molar-refractivity contribution < 1.29 is 9.59 Å². The molecule has 0 saturated heterocycles. The molecule has 0 radical (unpaired) electrons. The quantitative estimate of drug-likeness (QED) is 0.794. The summed E-state index contributed by atoms with van der Waals surface area (Å²) in [7, 11) is 0. The Morgan fingerprint density at radius 2 is 1.88 bits per heavy atom. The van der Waals surface area contributed by atoms with Crippen LogP contribution in [0.15, 0.2) is 24.3 Å². The minimum absolute atomic E-state index is 0.266. The third kappa shape index (κ3) is 2.93. The highest BCUT2D eigenvalue weighted by molar-refractivity contribution is 6.00. The van der Waals surface area contributed by atoms with Crippen LogP contribution in [0.2, 0.25) is 0 Å². The highest BCUT2D eigenvalue weighted by Gasteiger charge is 2.40. The van der Waals surface area contributed by atoms with E-state index in [1.54, 1.807) is 37.5 Å². The lowest BCUT2D eigenvalue weighted by Crippen LogP contribution is -2.13. The fourth-order valence-corrected chi connectivity index (χ4v) is 2.48. The van der Waals surface area contributed by atoms with Gasteiger partial charge in [-0.1, -0.05) is 37.5 Å². The summed E-state index contributed by atoms with van der Waals surface area (Å²) < 4.78 is 0. The molecule has 0 aromatic heterocycles. The summed E-state index contributed by atoms with van der Waals surface area (Å²) >= 11 is 0. The molecule has 0 spiro atoms. The van der Waals surface area contributed by atoms with Crippen LogP contribution in [0.3, 0.4) is 0 Å². The highest BCUT2D eigenvalue weighted by atomic mass is 16.1. The second-order valence-electron chi connectivity index (χ2n) is 4.76. The molecule has 2 atom stereocenters. The van der Waals surface area contributed by atoms with Gasteiger partial charge >= 0.3 is 0 Å². The molecule has 2 aliphatic rings. The average molecular weight is 231 g/mol. The smallest absolute Gasteiger partial charge is 0.249 e. The van der Waals surface area contributed by atoms with Crippen molar-refractivity contribution in [1.82, 2.24) is 0 Å². The lowest BCUT2D eigenvalue weighted by molar-refractivity contribution is 0.0993. The number of amides is 1. The van der Waals surface area contributed by atoms with E-state index in [1.165, 1.54) is 24.3 Å². The summed E-state index contributed by atoms with van der Waals surface area (Å²) in [5, 5.41) is 0. The topological polar surface area (TPSA) is 60.2 Å². The van der Waals surface area contributed by atoms with Crippen LogP contribution >= 0.6 is 0 Å². The monoisotopic (exact) mass is 231 g/mol. The fourth-order valence-electron chi connectivity index (χ4n) is 2.48. The zero-order valence-electron chi connectivity index (χ0n) is 9.76. The molecule has 2 saturated carbocycles. The summed E-state index contributed by atoms with van der Waals surface area (Å²) in [6.07, 6.45) is 6.85. The van der Waals surface area contributed by atoms with Gasteiger partial charge in [0.25, 0.3) is 0 Å². The first-order valence-corrected chi connectivity index (χ1v) is 6.06. The van der Waals surface area contributed by atoms with Crippen LogP contribution in [-0.2, 0) is 0 Å². The normalized spacial score (nSPS) is 24.2. The van der Waals surface area contributed by atoms with Gasteiger partial charge in [-0.15, -0.1) is 0 Å². The van der Waals surface area contributed by atoms with Gasteiger partial charge in [-0.25, -0.2) is 0 Å². The molecule has 1 aromatic rings. The third-order valence-corrected chi connectivity index (χ3v) is 3.57. The summed E-state index contributed by atoms with van der Waals surface area (Å²) in [5.41, 5.74) is 5.59. The average Bonchev–Trinajstić information content (AvgIpc) is 2.96. The number of carbonyl (C=O) groups excluding carboxylic acids is 2. The Labute approximate surface area is 101 Å². The number of benzene rings is 1. The van der Waals surface area contributed by atoms with Crippen LogP contribution in [0.1, 0.15) is 46.4 Å². The van der Waals surface area contributed by atoms with E-state index in [0.29, 0.717) is 11.8 Å². The third-order valence-electron chi connectivity index (χ3n) is 3.57. The van der Waals surface area contributed by atoms with E-state index in [2.05, 4.69) is 0 Å². The standard InChI is InChI=1S/C8H7NO2.C6H10/c9-8(11)7-4-2-1-3-6(7)5-10;1-2-5-4-6(5)3-1/h1-5H,(H2,9,11);5-6H,1-4H2. The zero-order valence-corrected chi connectivity index (χ0v) is 9.76. The first-order valence-electron chi connectivity index (χ1n) is 6.06. The molecule has 0 aliphatic heterocycles. The van der Waals surface area contributed by atoms with Gasteiger partial charge in [0.05, 0.1) is 0 Å². The van der Waals surface area contributed by atoms with Crippen LogP contribution in [0.4, 0.5) is 0 Å². The number of rotatable bonds is 2. The van der Waals surface area contributed by atoms with Gasteiger partial charge in [0, 0.05) is 11.1 Å². The first-order chi connectivity index (χ1) is 8.22. The molecule has 1 aromatic carbocycles. The number of aldehydes is 1. The van der Waals surface area contributed by atoms with Crippen molar-refractivity contribution in [2.24, 2.45) is 17.6 Å². The van der Waals surface area contributed by atoms with E-state index in [4.69, 9.17) is 5.73 Å². The van der Waals surface area contributed by atoms with E-state index in [9.17, 15) is 9.59 Å². The molecule has 90 valence electrons. The van der Waals surface area contributed by atoms with Crippen LogP contribution in [-0.4, -0.2) is 12.2 Å². The van der Waals surface area contributed by atoms with Gasteiger partial charge in [-0.2, -0.15) is 0 Å². The van der Waals surface area contributed by atoms with Crippen LogP contribution in [0.5, 0.6) is 0 Å². The number of fused-ring (bicyclic) bond motifs is 1. The molecule has 1 amide bonds. The SMILES string of the molecule is C1CC2CC2C1.NC(=O)c1ccccc1C=O. The molecule has 0 bridgehead atoms. The Morgan fingerprint density at radius 3 is 2.24 bits per heavy atom. The van der Waals surface area contributed by atoms with E-state index < -0.39 is 5.91 Å². The number of primary amides is 1. The van der Waals surface area contributed by atoms with Crippen molar-refractivity contribution in [2.45, 2.75) is 25.7 Å². The Morgan fingerprint density at radius 1 is 1.24 bits per heavy atom. The first kappa shape index (κ1) is 11.8. The molecule has 17 heavy (non-hydrogen) atoms. The van der Waals surface area contributed by atoms with Gasteiger partial charge in [-0.3, -0.25) is 9.59 Å². The van der Waals surface area contributed by atoms with Crippen molar-refractivity contribution in [3.05, 3.63) is 35.4 Å². The second kappa shape index (κ2) is 5.13. The Balaban J connectivity index is 0.000000148. The largest absolute Gasteiger partial charge is 0.366 e. The van der Waals surface area contributed by atoms with Crippen molar-refractivity contribution in [3.63, 3.8) is 0 Å². The van der Waals surface area contributed by atoms with Crippen molar-refractivity contribution >= 4 is 12.2 Å². The summed E-state index contributed by atoms with van der Waals surface area (Å²) in [5.74, 6) is 1.85. The van der Waals surface area contributed by atoms with Crippen molar-refractivity contribution in [3.8, 4) is 0 Å². The molecule has 2 aliphatic carbocycles. The lowest BCUT2D eigenvalue weighted by atomic mass is 10.1. The number of carbonyl (C=O) groups is 2. The summed E-state index contributed by atoms with van der Waals surface area (Å²) in [6.45, 7) is 0. The molecule has 2 unspecified atom stereocenters. The summed E-state index contributed by atoms with van der Waals surface area (Å²) in [4.78, 5) is 21.0. The molecule has 3 rings (SSSR count). The lowest BCUT2D eigenvalue weighted by Gasteiger charge is -1.96. The summed E-state index contributed by atoms with van der Waals surface area (Å²) in [6, 6.07) is 6.41. The minimum atomic E-state index is -0.576. The van der Waals surface area contributed by atoms with Crippen molar-refractivity contribution in [1.29, 1.82) is 0 Å². The second-order valence-corrected chi connectivity index (χ2v) is 4.76. The number of nitrogens with two attached hydrogens (primary N) is 1. The van der Waals surface area contributed by atoms with Gasteiger partial charge in [0.1, 0.15) is 0 Å². The predicted molar refractivity (Wildman–Crippen MR) is 65.8 cm³/mol. The zero-order chi connectivity index (χ0) is 12.3. The van der Waals surface area contributed by atoms with E-state index in [0.717, 1.165) is 0 Å². The Kier molecular flexibility index (Phi) is 3.57. The Bertz CT molecular complexity index is 420. The highest BCUT2D eigenvalue weighted by Crippen LogP contribution is 2.51. The van der Waals surface area contributed by atoms with Crippen LogP contribution < -0.4 is 5.73 Å². The van der Waals surface area contributed by atoms with Gasteiger partial charge < -0.3 is 5.73 Å². The van der Waals surface area contributed by atoms with Crippen molar-refractivity contribution in [2.75, 3.05) is 0 Å². The number of hydrogen-bond donors (Lipinski definition) is 1. The van der Waals surface area contributed by atoms with Gasteiger partial charge in [0.2, 0.25) is 5.91 Å². The maximum Gasteiger partial charge on any atom is 0.249 e. The maximum atomic E-state index is 10.6. The molecule has 3 nitrogen and oxygen atoms in total. The minimum Gasteiger partial charge on any atom is -0.366 e. The maximum absolute atomic E-state index is 10.6. The van der Waals surface area contributed by atoms with Gasteiger partial charge in [-0.05, 0) is 24.3 Å². The Hall–Kier alpha value is -1.64. The fraction of sp³-hybridized carbons (Fsp3) is 0.429. The molecular weight excluding hydrogens is 214 g/mol. The van der Waals surface area contributed by atoms with E-state index in [1.807, 2.05) is 0 Å². The molecule has 3 heteroatoms. The molecular formula is C14H17NO2. The molecule has 2 N–H and O–H groups in total. The molecule has 2 fully saturated rings. The van der Waals surface area contributed by atoms with E-state index in [-0.39, 0.29) is 5.56 Å². The number of hydrogen-bond acceptors (Lipinski definition) is 2. The molecule has 0 heterocycles. The van der Waals surface area contributed by atoms with Gasteiger partial charge in [0.15, 0.2) is 6.29 Å². The predicted octanol–water partition coefficient (Wildman–Crippen LogP) is 2.40. The van der Waals surface area contributed by atoms with Crippen LogP contribution in [0.25, 0.3) is 0 Å².